The van der Waals surface area contributed by atoms with Crippen LogP contribution in [0.3, 0.4) is 0 Å². The van der Waals surface area contributed by atoms with E-state index >= 15 is 0 Å². The summed E-state index contributed by atoms with van der Waals surface area (Å²) >= 11 is 0. The molecule has 0 radical (unpaired) electrons. The van der Waals surface area contributed by atoms with E-state index in [4.69, 9.17) is 10.6 Å². The molecular formula is C12H15N3O3. The van der Waals surface area contributed by atoms with Gasteiger partial charge in [0.25, 0.3) is 0 Å². The maximum Gasteiger partial charge on any atom is 0.324 e. The largest absolute Gasteiger partial charge is 0.468 e. The van der Waals surface area contributed by atoms with Crippen molar-refractivity contribution in [2.24, 2.45) is 5.73 Å². The van der Waals surface area contributed by atoms with Gasteiger partial charge in [0.1, 0.15) is 6.04 Å². The lowest BCUT2D eigenvalue weighted by atomic mass is 10.2. The van der Waals surface area contributed by atoms with Crippen LogP contribution < -0.4 is 11.3 Å². The van der Waals surface area contributed by atoms with Gasteiger partial charge in [-0.15, -0.1) is 0 Å². The van der Waals surface area contributed by atoms with Gasteiger partial charge in [0, 0.05) is 5.56 Å². The summed E-state index contributed by atoms with van der Waals surface area (Å²) in [5.41, 5.74) is 9.26. The minimum atomic E-state index is -0.725. The van der Waals surface area contributed by atoms with Crippen LogP contribution in [0, 0.1) is 0 Å². The number of methoxy groups -OCH3 is 1. The number of esters is 1. The van der Waals surface area contributed by atoms with E-state index in [2.05, 4.69) is 10.3 Å². The van der Waals surface area contributed by atoms with Crippen LogP contribution in [0.1, 0.15) is 5.56 Å². The molecule has 1 atom stereocenters. The van der Waals surface area contributed by atoms with Crippen LogP contribution in [-0.2, 0) is 14.4 Å². The van der Waals surface area contributed by atoms with Crippen LogP contribution in [0.2, 0.25) is 0 Å². The zero-order valence-electron chi connectivity index (χ0n) is 10.00. The molecule has 3 N–H and O–H groups in total. The van der Waals surface area contributed by atoms with Crippen LogP contribution in [-0.4, -0.2) is 30.7 Å². The second kappa shape index (κ2) is 5.52. The number of hydrazine groups is 1. The zero-order valence-corrected chi connectivity index (χ0v) is 10.00. The van der Waals surface area contributed by atoms with E-state index in [9.17, 15) is 4.79 Å². The summed E-state index contributed by atoms with van der Waals surface area (Å²) in [5, 5.41) is 1.60. The molecule has 1 aliphatic heterocycles. The lowest BCUT2D eigenvalue weighted by Gasteiger charge is -2.16. The van der Waals surface area contributed by atoms with E-state index in [1.165, 1.54) is 7.11 Å². The molecule has 0 bridgehead atoms. The molecule has 0 saturated carbocycles. The third-order valence-electron chi connectivity index (χ3n) is 2.50. The Bertz CT molecular complexity index is 447. The maximum absolute atomic E-state index is 11.2. The van der Waals surface area contributed by atoms with Crippen molar-refractivity contribution in [2.75, 3.05) is 13.7 Å². The fourth-order valence-corrected chi connectivity index (χ4v) is 1.57. The van der Waals surface area contributed by atoms with Crippen LogP contribution in [0.4, 0.5) is 0 Å². The number of nitrogens with one attached hydrogen (secondary N) is 1. The number of rotatable bonds is 4. The first-order chi connectivity index (χ1) is 8.70. The van der Waals surface area contributed by atoms with Crippen molar-refractivity contribution in [3.05, 3.63) is 42.1 Å². The van der Waals surface area contributed by atoms with Crippen LogP contribution in [0.15, 0.2) is 36.5 Å². The average molecular weight is 249 g/mol. The molecule has 18 heavy (non-hydrogen) atoms. The molecule has 0 unspecified atom stereocenters. The van der Waals surface area contributed by atoms with Gasteiger partial charge in [-0.2, -0.15) is 0 Å². The monoisotopic (exact) mass is 249 g/mol. The highest BCUT2D eigenvalue weighted by Gasteiger charge is 2.21. The Balaban J connectivity index is 1.99. The van der Waals surface area contributed by atoms with E-state index in [0.29, 0.717) is 5.76 Å². The van der Waals surface area contributed by atoms with Gasteiger partial charge in [0.05, 0.1) is 19.9 Å². The zero-order chi connectivity index (χ0) is 13.0. The number of hydrogen-bond donors (Lipinski definition) is 2. The van der Waals surface area contributed by atoms with Crippen LogP contribution >= 0.6 is 0 Å². The van der Waals surface area contributed by atoms with E-state index in [-0.39, 0.29) is 6.54 Å². The molecule has 6 heteroatoms. The van der Waals surface area contributed by atoms with Gasteiger partial charge in [0.2, 0.25) is 0 Å². The summed E-state index contributed by atoms with van der Waals surface area (Å²) in [6.45, 7) is 0.267. The smallest absolute Gasteiger partial charge is 0.324 e. The first kappa shape index (κ1) is 12.4. The SMILES string of the molecule is COC(=O)[C@@H](N)CN1C=C(c2ccccc2)ON1. The number of ether oxygens (including phenoxy) is 1. The fraction of sp³-hybridized carbons (Fsp3) is 0.250. The number of carbonyl (C=O) groups excluding carboxylic acids is 1. The van der Waals surface area contributed by atoms with Crippen molar-refractivity contribution >= 4 is 11.7 Å². The Kier molecular flexibility index (Phi) is 3.81. The van der Waals surface area contributed by atoms with Crippen LogP contribution in [0.25, 0.3) is 5.76 Å². The van der Waals surface area contributed by atoms with Crippen molar-refractivity contribution in [3.63, 3.8) is 0 Å². The Hall–Kier alpha value is -2.05. The third kappa shape index (κ3) is 2.79. The minimum Gasteiger partial charge on any atom is -0.468 e. The average Bonchev–Trinajstić information content (AvgIpc) is 2.87. The van der Waals surface area contributed by atoms with Crippen molar-refractivity contribution in [2.45, 2.75) is 6.04 Å². The maximum atomic E-state index is 11.2. The first-order valence-electron chi connectivity index (χ1n) is 5.50. The second-order valence-electron chi connectivity index (χ2n) is 3.83. The normalized spacial score (nSPS) is 15.9. The van der Waals surface area contributed by atoms with Gasteiger partial charge in [-0.1, -0.05) is 35.9 Å². The van der Waals surface area contributed by atoms with Gasteiger partial charge in [-0.25, -0.2) is 0 Å². The van der Waals surface area contributed by atoms with E-state index in [1.807, 2.05) is 30.3 Å². The highest BCUT2D eigenvalue weighted by atomic mass is 16.7. The predicted molar refractivity (Wildman–Crippen MR) is 65.3 cm³/mol. The summed E-state index contributed by atoms with van der Waals surface area (Å²) in [6, 6.07) is 8.90. The van der Waals surface area contributed by atoms with E-state index in [0.717, 1.165) is 5.56 Å². The molecule has 0 aliphatic carbocycles. The molecule has 96 valence electrons. The summed E-state index contributed by atoms with van der Waals surface area (Å²) in [7, 11) is 1.31. The van der Waals surface area contributed by atoms with Crippen molar-refractivity contribution in [1.29, 1.82) is 0 Å². The summed E-state index contributed by atoms with van der Waals surface area (Å²) < 4.78 is 4.55. The van der Waals surface area contributed by atoms with Gasteiger partial charge in [-0.3, -0.25) is 9.80 Å². The first-order valence-corrected chi connectivity index (χ1v) is 5.50. The minimum absolute atomic E-state index is 0.267. The third-order valence-corrected chi connectivity index (χ3v) is 2.50. The highest BCUT2D eigenvalue weighted by molar-refractivity contribution is 5.75. The molecule has 1 aliphatic rings. The van der Waals surface area contributed by atoms with Crippen molar-refractivity contribution < 1.29 is 14.4 Å². The van der Waals surface area contributed by atoms with Gasteiger partial charge in [0.15, 0.2) is 5.76 Å². The Labute approximate surface area is 105 Å². The molecule has 1 heterocycles. The lowest BCUT2D eigenvalue weighted by Crippen LogP contribution is -2.44. The summed E-state index contributed by atoms with van der Waals surface area (Å²) in [6.07, 6.45) is 1.75. The number of nitrogens with two attached hydrogens (primary N) is 1. The standard InChI is InChI=1S/C12H15N3O3/c1-17-12(16)10(13)7-15-8-11(18-14-15)9-5-3-2-4-6-9/h2-6,8,10,14H,7,13H2,1H3/t10-/m0/s1. The van der Waals surface area contributed by atoms with Crippen molar-refractivity contribution in [3.8, 4) is 0 Å². The Morgan fingerprint density at radius 3 is 2.89 bits per heavy atom. The number of hydrogen-bond acceptors (Lipinski definition) is 6. The summed E-state index contributed by atoms with van der Waals surface area (Å²) in [5.74, 6) is 0.214. The molecule has 1 aromatic rings. The number of carbonyl (C=O) groups is 1. The van der Waals surface area contributed by atoms with Crippen LogP contribution in [0.5, 0.6) is 0 Å². The number of benzene rings is 1. The lowest BCUT2D eigenvalue weighted by molar-refractivity contribution is -0.142. The molecule has 0 spiro atoms. The Morgan fingerprint density at radius 1 is 1.50 bits per heavy atom. The molecule has 1 aromatic carbocycles. The molecule has 2 rings (SSSR count). The van der Waals surface area contributed by atoms with Gasteiger partial charge in [-0.05, 0) is 0 Å². The Morgan fingerprint density at radius 2 is 2.22 bits per heavy atom. The van der Waals surface area contributed by atoms with Gasteiger partial charge >= 0.3 is 5.97 Å². The molecule has 0 fully saturated rings. The second-order valence-corrected chi connectivity index (χ2v) is 3.83. The predicted octanol–water partition coefficient (Wildman–Crippen LogP) is 0.237. The van der Waals surface area contributed by atoms with E-state index in [1.54, 1.807) is 11.2 Å². The molecule has 6 nitrogen and oxygen atoms in total. The molecule has 0 saturated heterocycles. The molecular weight excluding hydrogens is 234 g/mol. The topological polar surface area (TPSA) is 76.8 Å². The fourth-order valence-electron chi connectivity index (χ4n) is 1.57. The van der Waals surface area contributed by atoms with Gasteiger partial charge < -0.3 is 15.3 Å². The molecule has 0 aromatic heterocycles. The molecule has 0 amide bonds. The summed E-state index contributed by atoms with van der Waals surface area (Å²) in [4.78, 5) is 16.5. The van der Waals surface area contributed by atoms with Crippen molar-refractivity contribution in [1.82, 2.24) is 10.6 Å². The quantitative estimate of drug-likeness (QED) is 0.744. The number of nitrogens with zero attached hydrogens (tertiary/aromatic N) is 1. The highest BCUT2D eigenvalue weighted by Crippen LogP contribution is 2.18. The van der Waals surface area contributed by atoms with E-state index < -0.39 is 12.0 Å².